The molecule has 0 spiro atoms. The molecule has 1 rings (SSSR count). The largest absolute Gasteiger partial charge is 0.325 e. The number of carbonyl (C=O) groups is 1. The molecule has 1 N–H and O–H groups in total. The van der Waals surface area contributed by atoms with E-state index in [4.69, 9.17) is 5.26 Å². The van der Waals surface area contributed by atoms with Crippen LogP contribution < -0.4 is 5.32 Å². The van der Waals surface area contributed by atoms with Gasteiger partial charge in [0.25, 0.3) is 0 Å². The second-order valence-corrected chi connectivity index (χ2v) is 4.99. The van der Waals surface area contributed by atoms with Crippen LogP contribution >= 0.6 is 0 Å². The number of nitriles is 1. The smallest absolute Gasteiger partial charge is 0.241 e. The van der Waals surface area contributed by atoms with Gasteiger partial charge in [-0.3, -0.25) is 9.69 Å². The Morgan fingerprint density at radius 2 is 1.85 bits per heavy atom. The van der Waals surface area contributed by atoms with Crippen LogP contribution in [0, 0.1) is 11.3 Å². The molecule has 1 atom stereocenters. The zero-order valence-corrected chi connectivity index (χ0v) is 12.7. The van der Waals surface area contributed by atoms with E-state index in [9.17, 15) is 4.79 Å². The highest BCUT2D eigenvalue weighted by atomic mass is 16.2. The molecular weight excluding hydrogens is 250 g/mol. The molecule has 0 aromatic heterocycles. The van der Waals surface area contributed by atoms with Crippen molar-refractivity contribution in [2.45, 2.75) is 45.7 Å². The molecule has 0 aliphatic rings. The molecule has 0 saturated heterocycles. The number of amides is 1. The number of anilines is 1. The zero-order chi connectivity index (χ0) is 15.1. The first kappa shape index (κ1) is 16.2. The predicted molar refractivity (Wildman–Crippen MR) is 81.4 cm³/mol. The lowest BCUT2D eigenvalue weighted by Crippen LogP contribution is -2.44. The predicted octanol–water partition coefficient (Wildman–Crippen LogP) is 3.01. The van der Waals surface area contributed by atoms with Crippen LogP contribution in [0.1, 0.15) is 39.2 Å². The molecule has 1 amide bonds. The molecule has 0 radical (unpaired) electrons. The van der Waals surface area contributed by atoms with Gasteiger partial charge in [0.2, 0.25) is 5.91 Å². The van der Waals surface area contributed by atoms with E-state index in [1.165, 1.54) is 0 Å². The Bertz CT molecular complexity index is 471. The fourth-order valence-corrected chi connectivity index (χ4v) is 2.24. The highest BCUT2D eigenvalue weighted by molar-refractivity contribution is 5.94. The van der Waals surface area contributed by atoms with Crippen LogP contribution in [0.2, 0.25) is 0 Å². The fourth-order valence-electron chi connectivity index (χ4n) is 2.24. The molecule has 0 heterocycles. The van der Waals surface area contributed by atoms with Gasteiger partial charge in [-0.2, -0.15) is 5.26 Å². The minimum atomic E-state index is -0.185. The van der Waals surface area contributed by atoms with E-state index in [-0.39, 0.29) is 11.9 Å². The maximum absolute atomic E-state index is 12.2. The molecule has 0 aliphatic carbocycles. The molecule has 108 valence electrons. The van der Waals surface area contributed by atoms with Crippen LogP contribution in [-0.2, 0) is 4.79 Å². The number of nitrogens with one attached hydrogen (secondary N) is 1. The highest BCUT2D eigenvalue weighted by Crippen LogP contribution is 2.13. The number of hydrogen-bond acceptors (Lipinski definition) is 3. The van der Waals surface area contributed by atoms with E-state index in [1.54, 1.807) is 24.3 Å². The van der Waals surface area contributed by atoms with Gasteiger partial charge in [0.1, 0.15) is 0 Å². The molecule has 0 bridgehead atoms. The van der Waals surface area contributed by atoms with Crippen molar-refractivity contribution in [2.24, 2.45) is 0 Å². The third-order valence-corrected chi connectivity index (χ3v) is 3.79. The first-order valence-corrected chi connectivity index (χ1v) is 7.06. The van der Waals surface area contributed by atoms with Crippen molar-refractivity contribution in [1.82, 2.24) is 4.90 Å². The normalized spacial score (nSPS) is 12.2. The molecule has 4 heteroatoms. The van der Waals surface area contributed by atoms with Crippen LogP contribution in [0.5, 0.6) is 0 Å². The molecular formula is C16H23N3O. The maximum Gasteiger partial charge on any atom is 0.241 e. The van der Waals surface area contributed by atoms with Crippen molar-refractivity contribution >= 4 is 11.6 Å². The van der Waals surface area contributed by atoms with E-state index in [0.717, 1.165) is 18.5 Å². The average molecular weight is 273 g/mol. The monoisotopic (exact) mass is 273 g/mol. The summed E-state index contributed by atoms with van der Waals surface area (Å²) in [6.07, 6.45) is 2.06. The summed E-state index contributed by atoms with van der Waals surface area (Å²) in [5.74, 6) is -0.0240. The van der Waals surface area contributed by atoms with Gasteiger partial charge in [0.05, 0.1) is 17.7 Å². The number of benzene rings is 1. The van der Waals surface area contributed by atoms with Crippen LogP contribution in [0.4, 0.5) is 5.69 Å². The third-order valence-electron chi connectivity index (χ3n) is 3.79. The van der Waals surface area contributed by atoms with Crippen molar-refractivity contribution in [2.75, 3.05) is 12.4 Å². The first-order valence-electron chi connectivity index (χ1n) is 7.06. The molecule has 4 nitrogen and oxygen atoms in total. The third kappa shape index (κ3) is 4.07. The Morgan fingerprint density at radius 3 is 2.30 bits per heavy atom. The highest BCUT2D eigenvalue weighted by Gasteiger charge is 2.22. The maximum atomic E-state index is 12.2. The summed E-state index contributed by atoms with van der Waals surface area (Å²) in [6, 6.07) is 9.19. The van der Waals surface area contributed by atoms with Gasteiger partial charge in [-0.05, 0) is 51.1 Å². The Hall–Kier alpha value is -1.86. The van der Waals surface area contributed by atoms with Crippen molar-refractivity contribution in [3.63, 3.8) is 0 Å². The standard InChI is InChI=1S/C16H23N3O/c1-5-15(6-2)19(4)12(3)16(20)18-14-9-7-13(11-17)8-10-14/h7-10,12,15H,5-6H2,1-4H3,(H,18,20). The van der Waals surface area contributed by atoms with Crippen LogP contribution in [-0.4, -0.2) is 29.9 Å². The van der Waals surface area contributed by atoms with Gasteiger partial charge in [-0.25, -0.2) is 0 Å². The van der Waals surface area contributed by atoms with Crippen molar-refractivity contribution in [3.8, 4) is 6.07 Å². The molecule has 1 unspecified atom stereocenters. The fraction of sp³-hybridized carbons (Fsp3) is 0.500. The number of nitrogens with zero attached hydrogens (tertiary/aromatic N) is 2. The van der Waals surface area contributed by atoms with Crippen molar-refractivity contribution in [1.29, 1.82) is 5.26 Å². The van der Waals surface area contributed by atoms with E-state index in [1.807, 2.05) is 14.0 Å². The summed E-state index contributed by atoms with van der Waals surface area (Å²) in [5.41, 5.74) is 1.31. The van der Waals surface area contributed by atoms with Crippen LogP contribution in [0.3, 0.4) is 0 Å². The lowest BCUT2D eigenvalue weighted by atomic mass is 10.1. The number of likely N-dealkylation sites (N-methyl/N-ethyl adjacent to an activating group) is 1. The molecule has 0 saturated carbocycles. The van der Waals surface area contributed by atoms with Crippen molar-refractivity contribution in [3.05, 3.63) is 29.8 Å². The second kappa shape index (κ2) is 7.66. The lowest BCUT2D eigenvalue weighted by Gasteiger charge is -2.31. The van der Waals surface area contributed by atoms with Gasteiger partial charge in [0, 0.05) is 11.7 Å². The minimum Gasteiger partial charge on any atom is -0.325 e. The average Bonchev–Trinajstić information content (AvgIpc) is 2.48. The van der Waals surface area contributed by atoms with Crippen LogP contribution in [0.25, 0.3) is 0 Å². The molecule has 20 heavy (non-hydrogen) atoms. The van der Waals surface area contributed by atoms with Crippen molar-refractivity contribution < 1.29 is 4.79 Å². The summed E-state index contributed by atoms with van der Waals surface area (Å²) in [4.78, 5) is 14.3. The number of rotatable bonds is 6. The van der Waals surface area contributed by atoms with Gasteiger partial charge in [0.15, 0.2) is 0 Å². The van der Waals surface area contributed by atoms with Gasteiger partial charge in [-0.15, -0.1) is 0 Å². The minimum absolute atomic E-state index is 0.0240. The number of hydrogen-bond donors (Lipinski definition) is 1. The second-order valence-electron chi connectivity index (χ2n) is 4.99. The van der Waals surface area contributed by atoms with Gasteiger partial charge >= 0.3 is 0 Å². The Kier molecular flexibility index (Phi) is 6.20. The Morgan fingerprint density at radius 1 is 1.30 bits per heavy atom. The van der Waals surface area contributed by atoms with E-state index >= 15 is 0 Å². The lowest BCUT2D eigenvalue weighted by molar-refractivity contribution is -0.121. The SMILES string of the molecule is CCC(CC)N(C)C(C)C(=O)Nc1ccc(C#N)cc1. The summed E-state index contributed by atoms with van der Waals surface area (Å²) < 4.78 is 0. The van der Waals surface area contributed by atoms with E-state index < -0.39 is 0 Å². The molecule has 1 aromatic rings. The molecule has 1 aromatic carbocycles. The van der Waals surface area contributed by atoms with Gasteiger partial charge < -0.3 is 5.32 Å². The summed E-state index contributed by atoms with van der Waals surface area (Å²) in [5, 5.41) is 11.6. The zero-order valence-electron chi connectivity index (χ0n) is 12.7. The Balaban J connectivity index is 2.67. The van der Waals surface area contributed by atoms with Crippen LogP contribution in [0.15, 0.2) is 24.3 Å². The Labute approximate surface area is 121 Å². The summed E-state index contributed by atoms with van der Waals surface area (Å²) in [6.45, 7) is 6.18. The molecule has 0 aliphatic heterocycles. The van der Waals surface area contributed by atoms with E-state index in [0.29, 0.717) is 11.6 Å². The van der Waals surface area contributed by atoms with Gasteiger partial charge in [-0.1, -0.05) is 13.8 Å². The van der Waals surface area contributed by atoms with E-state index in [2.05, 4.69) is 30.1 Å². The molecule has 0 fully saturated rings. The number of carbonyl (C=O) groups excluding carboxylic acids is 1. The first-order chi connectivity index (χ1) is 9.53. The quantitative estimate of drug-likeness (QED) is 0.866. The topological polar surface area (TPSA) is 56.1 Å². The summed E-state index contributed by atoms with van der Waals surface area (Å²) in [7, 11) is 1.99. The summed E-state index contributed by atoms with van der Waals surface area (Å²) >= 11 is 0.